The van der Waals surface area contributed by atoms with Crippen LogP contribution in [0.25, 0.3) is 11.0 Å². The molecule has 3 rings (SSSR count). The first-order valence-electron chi connectivity index (χ1n) is 7.35. The van der Waals surface area contributed by atoms with Crippen molar-refractivity contribution in [2.45, 2.75) is 6.92 Å². The maximum absolute atomic E-state index is 12.0. The lowest BCUT2D eigenvalue weighted by Gasteiger charge is -2.07. The van der Waals surface area contributed by atoms with Gasteiger partial charge in [-0.1, -0.05) is 12.1 Å². The Morgan fingerprint density at radius 3 is 2.56 bits per heavy atom. The van der Waals surface area contributed by atoms with Crippen LogP contribution in [0.15, 0.2) is 62.8 Å². The first kappa shape index (κ1) is 16.3. The molecule has 0 aliphatic heterocycles. The summed E-state index contributed by atoms with van der Waals surface area (Å²) in [5.74, 6) is -0.875. The van der Waals surface area contributed by atoms with Crippen molar-refractivity contribution in [3.63, 3.8) is 0 Å². The second kappa shape index (κ2) is 6.48. The fourth-order valence-corrected chi connectivity index (χ4v) is 2.32. The SMILES string of the molecule is C/C(=N\NC(=O)c1ccccc1O)c1cc2ccc(=O)oc2cc1O. The van der Waals surface area contributed by atoms with E-state index in [1.54, 1.807) is 31.2 Å². The monoisotopic (exact) mass is 338 g/mol. The topological polar surface area (TPSA) is 112 Å². The molecule has 0 aliphatic rings. The predicted octanol–water partition coefficient (Wildman–Crippen LogP) is 2.36. The van der Waals surface area contributed by atoms with Gasteiger partial charge < -0.3 is 14.6 Å². The van der Waals surface area contributed by atoms with Gasteiger partial charge in [-0.3, -0.25) is 4.79 Å². The third kappa shape index (κ3) is 3.35. The second-order valence-corrected chi connectivity index (χ2v) is 5.32. The molecule has 0 radical (unpaired) electrons. The van der Waals surface area contributed by atoms with Gasteiger partial charge in [-0.2, -0.15) is 5.10 Å². The van der Waals surface area contributed by atoms with E-state index in [1.807, 2.05) is 0 Å². The number of fused-ring (bicyclic) bond motifs is 1. The largest absolute Gasteiger partial charge is 0.507 e. The molecule has 0 saturated heterocycles. The van der Waals surface area contributed by atoms with E-state index in [0.717, 1.165) is 0 Å². The van der Waals surface area contributed by atoms with E-state index in [1.165, 1.54) is 24.3 Å². The number of amides is 1. The summed E-state index contributed by atoms with van der Waals surface area (Å²) in [6.45, 7) is 1.60. The van der Waals surface area contributed by atoms with Gasteiger partial charge in [0.2, 0.25) is 0 Å². The average molecular weight is 338 g/mol. The molecule has 126 valence electrons. The third-order valence-corrected chi connectivity index (χ3v) is 3.60. The number of nitrogens with zero attached hydrogens (tertiary/aromatic N) is 1. The van der Waals surface area contributed by atoms with Crippen LogP contribution in [-0.2, 0) is 0 Å². The first-order chi connectivity index (χ1) is 12.0. The Morgan fingerprint density at radius 1 is 1.04 bits per heavy atom. The van der Waals surface area contributed by atoms with E-state index in [4.69, 9.17) is 4.42 Å². The Kier molecular flexibility index (Phi) is 4.21. The summed E-state index contributed by atoms with van der Waals surface area (Å²) >= 11 is 0. The summed E-state index contributed by atoms with van der Waals surface area (Å²) in [6, 6.07) is 11.8. The van der Waals surface area contributed by atoms with E-state index in [0.29, 0.717) is 16.7 Å². The van der Waals surface area contributed by atoms with Gasteiger partial charge in [-0.05, 0) is 31.2 Å². The molecule has 25 heavy (non-hydrogen) atoms. The van der Waals surface area contributed by atoms with E-state index in [2.05, 4.69) is 10.5 Å². The van der Waals surface area contributed by atoms with Crippen LogP contribution in [-0.4, -0.2) is 21.8 Å². The Balaban J connectivity index is 1.90. The van der Waals surface area contributed by atoms with Crippen LogP contribution in [0, 0.1) is 0 Å². The van der Waals surface area contributed by atoms with Gasteiger partial charge >= 0.3 is 5.63 Å². The first-order valence-corrected chi connectivity index (χ1v) is 7.35. The fourth-order valence-electron chi connectivity index (χ4n) is 2.32. The summed E-state index contributed by atoms with van der Waals surface area (Å²) in [6.07, 6.45) is 0. The van der Waals surface area contributed by atoms with Crippen LogP contribution in [0.4, 0.5) is 0 Å². The lowest BCUT2D eigenvalue weighted by Crippen LogP contribution is -2.19. The number of hydrogen-bond donors (Lipinski definition) is 3. The molecule has 3 aromatic rings. The van der Waals surface area contributed by atoms with Crippen LogP contribution in [0.2, 0.25) is 0 Å². The molecule has 2 aromatic carbocycles. The highest BCUT2D eigenvalue weighted by atomic mass is 16.4. The number of rotatable bonds is 3. The maximum Gasteiger partial charge on any atom is 0.336 e. The molecule has 1 amide bonds. The molecular weight excluding hydrogens is 324 g/mol. The number of phenolic OH excluding ortho intramolecular Hbond substituents is 2. The minimum Gasteiger partial charge on any atom is -0.507 e. The predicted molar refractivity (Wildman–Crippen MR) is 91.9 cm³/mol. The lowest BCUT2D eigenvalue weighted by atomic mass is 10.1. The number of hydrogen-bond acceptors (Lipinski definition) is 6. The average Bonchev–Trinajstić information content (AvgIpc) is 2.59. The van der Waals surface area contributed by atoms with Gasteiger partial charge in [0.05, 0.1) is 11.3 Å². The number of phenols is 2. The summed E-state index contributed by atoms with van der Waals surface area (Å²) in [5, 5.41) is 24.3. The molecule has 0 bridgehead atoms. The van der Waals surface area contributed by atoms with E-state index >= 15 is 0 Å². The molecule has 7 heteroatoms. The van der Waals surface area contributed by atoms with Gasteiger partial charge in [0.25, 0.3) is 5.91 Å². The van der Waals surface area contributed by atoms with Gasteiger partial charge in [-0.15, -0.1) is 0 Å². The molecule has 1 heterocycles. The number of hydrazone groups is 1. The van der Waals surface area contributed by atoms with Crippen LogP contribution >= 0.6 is 0 Å². The number of aromatic hydroxyl groups is 2. The minimum atomic E-state index is -0.580. The third-order valence-electron chi connectivity index (χ3n) is 3.60. The van der Waals surface area contributed by atoms with Gasteiger partial charge in [0.1, 0.15) is 17.1 Å². The fraction of sp³-hybridized carbons (Fsp3) is 0.0556. The summed E-state index contributed by atoms with van der Waals surface area (Å²) < 4.78 is 4.99. The normalized spacial score (nSPS) is 11.5. The van der Waals surface area contributed by atoms with Crippen LogP contribution in [0.5, 0.6) is 11.5 Å². The second-order valence-electron chi connectivity index (χ2n) is 5.32. The van der Waals surface area contributed by atoms with E-state index in [9.17, 15) is 19.8 Å². The van der Waals surface area contributed by atoms with Gasteiger partial charge in [0, 0.05) is 23.1 Å². The number of para-hydroxylation sites is 1. The maximum atomic E-state index is 12.0. The van der Waals surface area contributed by atoms with E-state index < -0.39 is 11.5 Å². The molecule has 0 fully saturated rings. The number of nitrogens with one attached hydrogen (secondary N) is 1. The summed E-state index contributed by atoms with van der Waals surface area (Å²) in [5.41, 5.74) is 2.87. The number of carbonyl (C=O) groups excluding carboxylic acids is 1. The van der Waals surface area contributed by atoms with Crippen molar-refractivity contribution in [1.29, 1.82) is 0 Å². The zero-order valence-electron chi connectivity index (χ0n) is 13.2. The highest BCUT2D eigenvalue weighted by molar-refractivity contribution is 6.05. The van der Waals surface area contributed by atoms with Crippen molar-refractivity contribution in [3.8, 4) is 11.5 Å². The Labute approximate surface area is 141 Å². The highest BCUT2D eigenvalue weighted by Gasteiger charge is 2.12. The van der Waals surface area contributed by atoms with Crippen molar-refractivity contribution in [2.24, 2.45) is 5.10 Å². The Morgan fingerprint density at radius 2 is 1.80 bits per heavy atom. The summed E-state index contributed by atoms with van der Waals surface area (Å²) in [7, 11) is 0. The van der Waals surface area contributed by atoms with Crippen LogP contribution in [0.3, 0.4) is 0 Å². The molecular formula is C18H14N2O5. The number of benzene rings is 2. The van der Waals surface area contributed by atoms with Crippen LogP contribution in [0.1, 0.15) is 22.8 Å². The lowest BCUT2D eigenvalue weighted by molar-refractivity contribution is 0.0952. The standard InChI is InChI=1S/C18H14N2O5/c1-10(19-20-18(24)12-4-2-3-5-14(12)21)13-8-11-6-7-17(23)25-16(11)9-15(13)22/h2-9,21-22H,1H3,(H,20,24)/b19-10+. The van der Waals surface area contributed by atoms with Crippen LogP contribution < -0.4 is 11.1 Å². The minimum absolute atomic E-state index is 0.0866. The van der Waals surface area contributed by atoms with Gasteiger partial charge in [-0.25, -0.2) is 10.2 Å². The van der Waals surface area contributed by atoms with Crippen molar-refractivity contribution in [3.05, 3.63) is 70.1 Å². The van der Waals surface area contributed by atoms with Crippen molar-refractivity contribution >= 4 is 22.6 Å². The zero-order chi connectivity index (χ0) is 18.0. The smallest absolute Gasteiger partial charge is 0.336 e. The quantitative estimate of drug-likeness (QED) is 0.385. The highest BCUT2D eigenvalue weighted by Crippen LogP contribution is 2.24. The molecule has 0 saturated carbocycles. The Bertz CT molecular complexity index is 1050. The molecule has 0 aliphatic carbocycles. The number of carbonyl (C=O) groups is 1. The van der Waals surface area contributed by atoms with Gasteiger partial charge in [0.15, 0.2) is 0 Å². The van der Waals surface area contributed by atoms with Crippen molar-refractivity contribution in [2.75, 3.05) is 0 Å². The molecule has 0 unspecified atom stereocenters. The molecule has 0 spiro atoms. The Hall–Kier alpha value is -3.61. The molecule has 0 atom stereocenters. The zero-order valence-corrected chi connectivity index (χ0v) is 13.2. The van der Waals surface area contributed by atoms with Crippen molar-refractivity contribution < 1.29 is 19.4 Å². The molecule has 7 nitrogen and oxygen atoms in total. The molecule has 1 aromatic heterocycles. The summed E-state index contributed by atoms with van der Waals surface area (Å²) in [4.78, 5) is 23.3. The van der Waals surface area contributed by atoms with Crippen molar-refractivity contribution in [1.82, 2.24) is 5.43 Å². The molecule has 3 N–H and O–H groups in total. The van der Waals surface area contributed by atoms with E-state index in [-0.39, 0.29) is 22.6 Å².